The molecule has 3 heterocycles. The number of imide groups is 1. The van der Waals surface area contributed by atoms with Crippen LogP contribution in [0.15, 0.2) is 79.0 Å². The third-order valence-electron chi connectivity index (χ3n) is 7.98. The molecule has 2 aliphatic heterocycles. The number of ether oxygens (including phenoxy) is 1. The summed E-state index contributed by atoms with van der Waals surface area (Å²) in [6.07, 6.45) is 1.56. The average molecular weight is 569 g/mol. The van der Waals surface area contributed by atoms with E-state index in [9.17, 15) is 34.4 Å². The molecule has 2 aliphatic rings. The lowest BCUT2D eigenvalue weighted by Gasteiger charge is -2.31. The molecular formula is C30H24N4O8. The maximum absolute atomic E-state index is 14.1. The Labute approximate surface area is 238 Å². The molecule has 0 radical (unpaired) electrons. The van der Waals surface area contributed by atoms with E-state index < -0.39 is 52.1 Å². The van der Waals surface area contributed by atoms with Gasteiger partial charge < -0.3 is 14.8 Å². The number of nitro benzene ring substituents is 1. The number of non-ortho nitro benzene ring substituents is 1. The van der Waals surface area contributed by atoms with E-state index in [2.05, 4.69) is 10.3 Å². The number of hydrogen-bond donors (Lipinski definition) is 3. The number of esters is 1. The second kappa shape index (κ2) is 9.93. The Kier molecular flexibility index (Phi) is 6.34. The number of nitrogens with one attached hydrogen (secondary N) is 2. The number of H-pyrrole nitrogens is 1. The quantitative estimate of drug-likeness (QED) is 0.0991. The number of amides is 2. The van der Waals surface area contributed by atoms with E-state index in [0.29, 0.717) is 11.1 Å². The zero-order valence-electron chi connectivity index (χ0n) is 22.1. The number of anilines is 1. The van der Waals surface area contributed by atoms with Gasteiger partial charge in [0, 0.05) is 48.6 Å². The molecule has 12 heteroatoms. The summed E-state index contributed by atoms with van der Waals surface area (Å²) in [6, 6.07) is 17.8. The van der Waals surface area contributed by atoms with E-state index in [1.54, 1.807) is 18.3 Å². The maximum Gasteiger partial charge on any atom is 0.325 e. The molecule has 0 saturated carbocycles. The first-order valence-electron chi connectivity index (χ1n) is 13.1. The zero-order valence-corrected chi connectivity index (χ0v) is 22.1. The van der Waals surface area contributed by atoms with Gasteiger partial charge in [0.25, 0.3) is 5.69 Å². The number of para-hydroxylation sites is 1. The summed E-state index contributed by atoms with van der Waals surface area (Å²) in [6.45, 7) is 1.26. The summed E-state index contributed by atoms with van der Waals surface area (Å²) in [7, 11) is 0. The van der Waals surface area contributed by atoms with Gasteiger partial charge in [-0.15, -0.1) is 0 Å². The highest BCUT2D eigenvalue weighted by atomic mass is 16.6. The number of nitro groups is 1. The van der Waals surface area contributed by atoms with E-state index in [1.807, 2.05) is 24.3 Å². The minimum absolute atomic E-state index is 0.0102. The van der Waals surface area contributed by atoms with Crippen molar-refractivity contribution in [2.75, 3.05) is 4.90 Å². The predicted octanol–water partition coefficient (Wildman–Crippen LogP) is 3.52. The Bertz CT molecular complexity index is 1780. The molecule has 2 saturated heterocycles. The van der Waals surface area contributed by atoms with Crippen LogP contribution in [0.25, 0.3) is 10.9 Å². The second-order valence-electron chi connectivity index (χ2n) is 10.4. The summed E-state index contributed by atoms with van der Waals surface area (Å²) in [5.41, 5.74) is -0.304. The third-order valence-corrected chi connectivity index (χ3v) is 7.98. The van der Waals surface area contributed by atoms with Gasteiger partial charge in [0.05, 0.1) is 22.4 Å². The highest BCUT2D eigenvalue weighted by Gasteiger charge is 2.68. The molecule has 4 atom stereocenters. The Hall–Kier alpha value is -5.36. The number of carbonyl (C=O) groups excluding carboxylic acids is 3. The van der Waals surface area contributed by atoms with Crippen LogP contribution in [-0.2, 0) is 25.6 Å². The number of carboxylic acid groups (broad SMARTS) is 1. The number of nitrogens with zero attached hydrogens (tertiary/aromatic N) is 2. The summed E-state index contributed by atoms with van der Waals surface area (Å²) < 4.78 is 5.11. The Morgan fingerprint density at radius 1 is 1.05 bits per heavy atom. The van der Waals surface area contributed by atoms with Crippen molar-refractivity contribution in [3.8, 4) is 5.75 Å². The predicted molar refractivity (Wildman–Crippen MR) is 149 cm³/mol. The van der Waals surface area contributed by atoms with Gasteiger partial charge in [-0.25, -0.2) is 4.90 Å². The fraction of sp³-hybridized carbons (Fsp3) is 0.200. The molecule has 0 spiro atoms. The Morgan fingerprint density at radius 3 is 2.48 bits per heavy atom. The number of aromatic amines is 1. The van der Waals surface area contributed by atoms with Crippen molar-refractivity contribution >= 4 is 46.0 Å². The monoisotopic (exact) mass is 568 g/mol. The largest absolute Gasteiger partial charge is 0.480 e. The number of carboxylic acids is 1. The van der Waals surface area contributed by atoms with Crippen molar-refractivity contribution in [1.82, 2.24) is 10.3 Å². The summed E-state index contributed by atoms with van der Waals surface area (Å²) in [4.78, 5) is 67.5. The summed E-state index contributed by atoms with van der Waals surface area (Å²) in [5.74, 6) is -5.49. The lowest BCUT2D eigenvalue weighted by atomic mass is 9.76. The number of rotatable bonds is 7. The number of aliphatic carboxylic acids is 1. The molecule has 0 aliphatic carbocycles. The maximum atomic E-state index is 14.1. The summed E-state index contributed by atoms with van der Waals surface area (Å²) in [5, 5.41) is 26.1. The van der Waals surface area contributed by atoms with Crippen molar-refractivity contribution in [2.24, 2.45) is 11.8 Å². The average Bonchev–Trinajstić information content (AvgIpc) is 3.61. The van der Waals surface area contributed by atoms with Crippen molar-refractivity contribution in [2.45, 2.75) is 24.9 Å². The van der Waals surface area contributed by atoms with Crippen molar-refractivity contribution in [1.29, 1.82) is 0 Å². The first-order chi connectivity index (χ1) is 20.1. The van der Waals surface area contributed by atoms with Gasteiger partial charge in [-0.05, 0) is 35.4 Å². The molecule has 42 heavy (non-hydrogen) atoms. The lowest BCUT2D eigenvalue weighted by molar-refractivity contribution is -0.384. The van der Waals surface area contributed by atoms with E-state index in [1.165, 1.54) is 37.3 Å². The summed E-state index contributed by atoms with van der Waals surface area (Å²) >= 11 is 0. The molecule has 2 fully saturated rings. The van der Waals surface area contributed by atoms with E-state index >= 15 is 0 Å². The van der Waals surface area contributed by atoms with Crippen LogP contribution in [0.2, 0.25) is 0 Å². The molecule has 4 aromatic rings. The molecule has 3 N–H and O–H groups in total. The van der Waals surface area contributed by atoms with Crippen LogP contribution in [0.4, 0.5) is 11.4 Å². The molecule has 3 aromatic carbocycles. The normalized spacial score (nSPS) is 23.3. The van der Waals surface area contributed by atoms with Crippen LogP contribution >= 0.6 is 0 Å². The van der Waals surface area contributed by atoms with Gasteiger partial charge in [-0.3, -0.25) is 34.6 Å². The van der Waals surface area contributed by atoms with Gasteiger partial charge >= 0.3 is 11.9 Å². The van der Waals surface area contributed by atoms with Crippen molar-refractivity contribution in [3.63, 3.8) is 0 Å². The molecule has 6 rings (SSSR count). The molecule has 1 aromatic heterocycles. The van der Waals surface area contributed by atoms with Crippen molar-refractivity contribution < 1.29 is 33.9 Å². The van der Waals surface area contributed by atoms with Crippen LogP contribution in [0.1, 0.15) is 24.1 Å². The molecule has 12 nitrogen and oxygen atoms in total. The van der Waals surface area contributed by atoms with Gasteiger partial charge in [-0.1, -0.05) is 36.4 Å². The highest BCUT2D eigenvalue weighted by molar-refractivity contribution is 6.24. The number of benzene rings is 3. The Morgan fingerprint density at radius 2 is 1.79 bits per heavy atom. The minimum atomic E-state index is -1.91. The third kappa shape index (κ3) is 4.20. The van der Waals surface area contributed by atoms with Crippen molar-refractivity contribution in [3.05, 3.63) is 100 Å². The number of carbonyl (C=O) groups is 4. The molecule has 0 bridgehead atoms. The van der Waals surface area contributed by atoms with Gasteiger partial charge in [-0.2, -0.15) is 0 Å². The SMILES string of the molecule is CC(=O)Oc1ccc(C2NC(Cc3c[nH]c4ccccc34)(C(=O)O)C3C(=O)N(c4cccc([N+](=O)[O-])c4)C(=O)C23)cc1. The van der Waals surface area contributed by atoms with Gasteiger partial charge in [0.2, 0.25) is 11.8 Å². The highest BCUT2D eigenvalue weighted by Crippen LogP contribution is 2.51. The first kappa shape index (κ1) is 26.8. The van der Waals surface area contributed by atoms with Crippen LogP contribution in [-0.4, -0.2) is 44.3 Å². The van der Waals surface area contributed by atoms with Gasteiger partial charge in [0.1, 0.15) is 11.3 Å². The smallest absolute Gasteiger partial charge is 0.325 e. The van der Waals surface area contributed by atoms with Crippen LogP contribution in [0.5, 0.6) is 5.75 Å². The van der Waals surface area contributed by atoms with Crippen LogP contribution in [0.3, 0.4) is 0 Å². The minimum Gasteiger partial charge on any atom is -0.480 e. The molecule has 212 valence electrons. The Balaban J connectivity index is 1.48. The standard InChI is InChI=1S/C30H24N4O8/c1-16(35)42-21-11-9-17(10-12-21)26-24-25(28(37)33(27(24)36)19-5-4-6-20(13-19)34(40)41)30(32-26,29(38)39)14-18-15-31-23-8-3-2-7-22(18)23/h2-13,15,24-26,31-32H,14H2,1H3,(H,38,39). The van der Waals surface area contributed by atoms with E-state index in [-0.39, 0.29) is 23.5 Å². The fourth-order valence-electron chi connectivity index (χ4n) is 6.21. The van der Waals surface area contributed by atoms with E-state index in [0.717, 1.165) is 21.9 Å². The molecular weight excluding hydrogens is 544 g/mol. The number of hydrogen-bond acceptors (Lipinski definition) is 8. The lowest BCUT2D eigenvalue weighted by Crippen LogP contribution is -2.57. The molecule has 2 amide bonds. The number of fused-ring (bicyclic) bond motifs is 2. The van der Waals surface area contributed by atoms with Crippen LogP contribution in [0, 0.1) is 22.0 Å². The van der Waals surface area contributed by atoms with Crippen LogP contribution < -0.4 is 15.0 Å². The fourth-order valence-corrected chi connectivity index (χ4v) is 6.21. The topological polar surface area (TPSA) is 172 Å². The van der Waals surface area contributed by atoms with E-state index in [4.69, 9.17) is 4.74 Å². The zero-order chi connectivity index (χ0) is 29.8. The number of aromatic nitrogens is 1. The van der Waals surface area contributed by atoms with Gasteiger partial charge in [0.15, 0.2) is 0 Å². The first-order valence-corrected chi connectivity index (χ1v) is 13.1. The second-order valence-corrected chi connectivity index (χ2v) is 10.4. The molecule has 4 unspecified atom stereocenters.